The second-order valence-electron chi connectivity index (χ2n) is 6.72. The minimum Gasteiger partial charge on any atom is -0.376 e. The number of nitrogens with one attached hydrogen (secondary N) is 2. The Morgan fingerprint density at radius 3 is 2.74 bits per heavy atom. The molecule has 1 aliphatic carbocycles. The van der Waals surface area contributed by atoms with E-state index in [9.17, 15) is 14.4 Å². The number of carbonyl (C=O) groups excluding carboxylic acids is 3. The molecular weight excluding hydrogens is 352 g/mol. The molecule has 4 N–H and O–H groups in total. The van der Waals surface area contributed by atoms with Gasteiger partial charge in [0.2, 0.25) is 17.6 Å². The fourth-order valence-electron chi connectivity index (χ4n) is 3.13. The van der Waals surface area contributed by atoms with Crippen LogP contribution in [-0.2, 0) is 20.7 Å². The third kappa shape index (κ3) is 6.06. The molecule has 150 valence electrons. The molecule has 3 atom stereocenters. The summed E-state index contributed by atoms with van der Waals surface area (Å²) in [6.45, 7) is 4.28. The van der Waals surface area contributed by atoms with E-state index in [2.05, 4.69) is 15.8 Å². The van der Waals surface area contributed by atoms with Gasteiger partial charge in [0.1, 0.15) is 0 Å². The molecule has 0 saturated heterocycles. The zero-order valence-electron chi connectivity index (χ0n) is 15.8. The highest BCUT2D eigenvalue weighted by molar-refractivity contribution is 5.91. The van der Waals surface area contributed by atoms with Crippen LogP contribution in [0.3, 0.4) is 0 Å². The van der Waals surface area contributed by atoms with Crippen molar-refractivity contribution in [2.75, 3.05) is 13.2 Å². The maximum absolute atomic E-state index is 12.4. The molecule has 27 heavy (non-hydrogen) atoms. The summed E-state index contributed by atoms with van der Waals surface area (Å²) in [6, 6.07) is 1.40. The zero-order chi connectivity index (χ0) is 19.8. The Labute approximate surface area is 158 Å². The van der Waals surface area contributed by atoms with Crippen LogP contribution in [0.4, 0.5) is 0 Å². The third-order valence-electron chi connectivity index (χ3n) is 4.60. The number of ether oxygens (including phenoxy) is 1. The Bertz CT molecular complexity index is 660. The van der Waals surface area contributed by atoms with Crippen LogP contribution < -0.4 is 16.4 Å². The molecule has 1 fully saturated rings. The number of rotatable bonds is 9. The van der Waals surface area contributed by atoms with Gasteiger partial charge < -0.3 is 25.6 Å². The second-order valence-corrected chi connectivity index (χ2v) is 6.72. The largest absolute Gasteiger partial charge is 0.376 e. The monoisotopic (exact) mass is 380 g/mol. The highest BCUT2D eigenvalue weighted by Gasteiger charge is 2.36. The average molecular weight is 380 g/mol. The van der Waals surface area contributed by atoms with Gasteiger partial charge >= 0.3 is 0 Å². The molecule has 1 heterocycles. The molecule has 1 aromatic rings. The summed E-state index contributed by atoms with van der Waals surface area (Å²) in [7, 11) is 0. The number of carbonyl (C=O) groups is 3. The van der Waals surface area contributed by atoms with Crippen molar-refractivity contribution < 1.29 is 23.6 Å². The first-order chi connectivity index (χ1) is 12.9. The smallest absolute Gasteiger partial charge is 0.290 e. The summed E-state index contributed by atoms with van der Waals surface area (Å²) in [5, 5.41) is 9.31. The molecule has 0 bridgehead atoms. The van der Waals surface area contributed by atoms with Gasteiger partial charge in [-0.2, -0.15) is 0 Å². The Kier molecular flexibility index (Phi) is 7.78. The van der Waals surface area contributed by atoms with Gasteiger partial charge in [-0.05, 0) is 32.1 Å². The van der Waals surface area contributed by atoms with E-state index in [1.807, 2.05) is 13.8 Å². The second kappa shape index (κ2) is 10.1. The van der Waals surface area contributed by atoms with Gasteiger partial charge in [0.15, 0.2) is 0 Å². The van der Waals surface area contributed by atoms with Crippen molar-refractivity contribution in [2.45, 2.75) is 58.1 Å². The third-order valence-corrected chi connectivity index (χ3v) is 4.60. The van der Waals surface area contributed by atoms with Gasteiger partial charge in [0, 0.05) is 18.6 Å². The lowest BCUT2D eigenvalue weighted by atomic mass is 9.83. The number of aryl methyl sites for hydroxylation is 1. The van der Waals surface area contributed by atoms with Crippen LogP contribution in [0, 0.1) is 5.92 Å². The number of primary amides is 1. The van der Waals surface area contributed by atoms with Crippen LogP contribution in [0.1, 0.15) is 55.8 Å². The van der Waals surface area contributed by atoms with Crippen molar-refractivity contribution in [1.82, 2.24) is 15.8 Å². The normalized spacial score (nSPS) is 22.2. The lowest BCUT2D eigenvalue weighted by Gasteiger charge is -2.35. The van der Waals surface area contributed by atoms with Crippen LogP contribution in [0.15, 0.2) is 10.6 Å². The predicted octanol–water partition coefficient (Wildman–Crippen LogP) is 0.532. The summed E-state index contributed by atoms with van der Waals surface area (Å²) >= 11 is 0. The van der Waals surface area contributed by atoms with E-state index in [4.69, 9.17) is 15.0 Å². The molecule has 1 saturated carbocycles. The van der Waals surface area contributed by atoms with E-state index in [1.165, 1.54) is 0 Å². The molecule has 0 aromatic carbocycles. The zero-order valence-corrected chi connectivity index (χ0v) is 15.8. The van der Waals surface area contributed by atoms with Gasteiger partial charge in [0.25, 0.3) is 5.91 Å². The Hall–Kier alpha value is -2.42. The molecule has 0 aliphatic heterocycles. The molecule has 0 spiro atoms. The summed E-state index contributed by atoms with van der Waals surface area (Å²) in [4.78, 5) is 35.5. The van der Waals surface area contributed by atoms with Gasteiger partial charge in [-0.15, -0.1) is 0 Å². The summed E-state index contributed by atoms with van der Waals surface area (Å²) < 4.78 is 11.0. The summed E-state index contributed by atoms with van der Waals surface area (Å²) in [5.74, 6) is -1.25. The maximum atomic E-state index is 12.4. The van der Waals surface area contributed by atoms with E-state index in [-0.39, 0.29) is 42.2 Å². The first-order valence-electron chi connectivity index (χ1n) is 9.38. The number of nitrogens with zero attached hydrogens (tertiary/aromatic N) is 1. The van der Waals surface area contributed by atoms with Crippen LogP contribution in [0.5, 0.6) is 0 Å². The van der Waals surface area contributed by atoms with Crippen molar-refractivity contribution in [3.8, 4) is 0 Å². The molecule has 3 amide bonds. The molecule has 0 radical (unpaired) electrons. The molecule has 9 heteroatoms. The Morgan fingerprint density at radius 1 is 1.33 bits per heavy atom. The van der Waals surface area contributed by atoms with E-state index in [0.717, 1.165) is 6.42 Å². The highest BCUT2D eigenvalue weighted by atomic mass is 16.5. The average Bonchev–Trinajstić information content (AvgIpc) is 3.14. The molecule has 0 unspecified atom stereocenters. The molecule has 9 nitrogen and oxygen atoms in total. The van der Waals surface area contributed by atoms with Crippen molar-refractivity contribution in [3.63, 3.8) is 0 Å². The fraction of sp³-hybridized carbons (Fsp3) is 0.667. The molecule has 1 aliphatic rings. The lowest BCUT2D eigenvalue weighted by Crippen LogP contribution is -2.50. The number of hydrogen-bond donors (Lipinski definition) is 3. The molecule has 1 aromatic heterocycles. The first-order valence-corrected chi connectivity index (χ1v) is 9.38. The Morgan fingerprint density at radius 2 is 2.11 bits per heavy atom. The molecule has 2 rings (SSSR count). The first kappa shape index (κ1) is 20.9. The van der Waals surface area contributed by atoms with Gasteiger partial charge in [0.05, 0.1) is 24.4 Å². The van der Waals surface area contributed by atoms with Gasteiger partial charge in [-0.1, -0.05) is 19.0 Å². The van der Waals surface area contributed by atoms with E-state index < -0.39 is 5.91 Å². The van der Waals surface area contributed by atoms with Gasteiger partial charge in [-0.3, -0.25) is 14.4 Å². The standard InChI is InChI=1S/C18H28N4O5/c1-3-7-26-14-8-11(17(24)20-10-16(19)23)5-6-13(14)21-18(25)15-9-12(4-2)22-27-15/h9,11,13-14H,3-8,10H2,1-2H3,(H2,19,23)(H,20,24)(H,21,25)/t11-,13-,14-/m0/s1. The van der Waals surface area contributed by atoms with Crippen LogP contribution in [0.25, 0.3) is 0 Å². The van der Waals surface area contributed by atoms with Crippen LogP contribution in [-0.4, -0.2) is 48.2 Å². The predicted molar refractivity (Wildman–Crippen MR) is 96.7 cm³/mol. The minimum atomic E-state index is -0.582. The number of nitrogens with two attached hydrogens (primary N) is 1. The van der Waals surface area contributed by atoms with Crippen LogP contribution >= 0.6 is 0 Å². The fourth-order valence-corrected chi connectivity index (χ4v) is 3.13. The SMILES string of the molecule is CCCO[C@H]1C[C@@H](C(=O)NCC(N)=O)CC[C@@H]1NC(=O)c1cc(CC)no1. The van der Waals surface area contributed by atoms with E-state index in [1.54, 1.807) is 6.07 Å². The number of hydrogen-bond acceptors (Lipinski definition) is 6. The van der Waals surface area contributed by atoms with Crippen LogP contribution in [0.2, 0.25) is 0 Å². The minimum absolute atomic E-state index is 0.169. The number of amides is 3. The van der Waals surface area contributed by atoms with Crippen molar-refractivity contribution in [1.29, 1.82) is 0 Å². The molecular formula is C18H28N4O5. The summed E-state index contributed by atoms with van der Waals surface area (Å²) in [5.41, 5.74) is 5.78. The van der Waals surface area contributed by atoms with Crippen molar-refractivity contribution >= 4 is 17.7 Å². The van der Waals surface area contributed by atoms with Gasteiger partial charge in [-0.25, -0.2) is 0 Å². The van der Waals surface area contributed by atoms with Crippen molar-refractivity contribution in [3.05, 3.63) is 17.5 Å². The summed E-state index contributed by atoms with van der Waals surface area (Å²) in [6.07, 6.45) is 2.86. The Balaban J connectivity index is 1.97. The number of aromatic nitrogens is 1. The lowest BCUT2D eigenvalue weighted by molar-refractivity contribution is -0.130. The quantitative estimate of drug-likeness (QED) is 0.572. The highest BCUT2D eigenvalue weighted by Crippen LogP contribution is 2.27. The van der Waals surface area contributed by atoms with Crippen molar-refractivity contribution in [2.24, 2.45) is 11.7 Å². The maximum Gasteiger partial charge on any atom is 0.290 e. The van der Waals surface area contributed by atoms with E-state index in [0.29, 0.717) is 38.0 Å². The van der Waals surface area contributed by atoms with E-state index >= 15 is 0 Å². The topological polar surface area (TPSA) is 137 Å².